The zero-order chi connectivity index (χ0) is 14.6. The van der Waals surface area contributed by atoms with E-state index in [1.807, 2.05) is 0 Å². The first-order valence-electron chi connectivity index (χ1n) is 6.23. The maximum absolute atomic E-state index is 12.1. The summed E-state index contributed by atoms with van der Waals surface area (Å²) in [5.74, 6) is -0.234. The van der Waals surface area contributed by atoms with Crippen LogP contribution in [-0.2, 0) is 14.8 Å². The molecule has 0 radical (unpaired) electrons. The summed E-state index contributed by atoms with van der Waals surface area (Å²) in [5, 5.41) is 3.26. The van der Waals surface area contributed by atoms with Gasteiger partial charge in [-0.05, 0) is 12.1 Å². The van der Waals surface area contributed by atoms with Crippen LogP contribution >= 0.6 is 11.6 Å². The van der Waals surface area contributed by atoms with Gasteiger partial charge < -0.3 is 10.2 Å². The van der Waals surface area contributed by atoms with Gasteiger partial charge in [0.25, 0.3) is 0 Å². The second-order valence-corrected chi connectivity index (χ2v) is 6.53. The molecule has 0 aromatic heterocycles. The molecule has 8 heteroatoms. The van der Waals surface area contributed by atoms with Crippen LogP contribution in [0.15, 0.2) is 29.2 Å². The normalized spacial score (nSPS) is 16.1. The molecule has 1 saturated heterocycles. The fourth-order valence-corrected chi connectivity index (χ4v) is 3.42. The van der Waals surface area contributed by atoms with E-state index < -0.39 is 10.0 Å². The molecule has 0 aliphatic carbocycles. The largest absolute Gasteiger partial charge is 0.339 e. The molecule has 0 atom stereocenters. The van der Waals surface area contributed by atoms with Gasteiger partial charge in [-0.25, -0.2) is 13.1 Å². The number of rotatable bonds is 4. The Labute approximate surface area is 123 Å². The van der Waals surface area contributed by atoms with Gasteiger partial charge >= 0.3 is 0 Å². The third kappa shape index (κ3) is 3.69. The average molecular weight is 318 g/mol. The average Bonchev–Trinajstić information content (AvgIpc) is 2.46. The van der Waals surface area contributed by atoms with E-state index in [0.717, 1.165) is 13.1 Å². The predicted octanol–water partition coefficient (Wildman–Crippen LogP) is 0.0501. The maximum atomic E-state index is 12.1. The number of hydrogen-bond donors (Lipinski definition) is 2. The Kier molecular flexibility index (Phi) is 4.98. The van der Waals surface area contributed by atoms with E-state index in [0.29, 0.717) is 13.1 Å². The molecule has 0 bridgehead atoms. The molecule has 2 rings (SSSR count). The fraction of sp³-hybridized carbons (Fsp3) is 0.417. The molecule has 0 saturated carbocycles. The quantitative estimate of drug-likeness (QED) is 0.822. The van der Waals surface area contributed by atoms with E-state index >= 15 is 0 Å². The van der Waals surface area contributed by atoms with Crippen molar-refractivity contribution in [2.45, 2.75) is 4.90 Å². The molecular weight excluding hydrogens is 302 g/mol. The number of piperazine rings is 1. The van der Waals surface area contributed by atoms with Crippen molar-refractivity contribution in [1.82, 2.24) is 14.9 Å². The van der Waals surface area contributed by atoms with E-state index in [9.17, 15) is 13.2 Å². The maximum Gasteiger partial charge on any atom is 0.242 e. The predicted molar refractivity (Wildman–Crippen MR) is 76.1 cm³/mol. The highest BCUT2D eigenvalue weighted by molar-refractivity contribution is 7.89. The number of hydrogen-bond acceptors (Lipinski definition) is 4. The Balaban J connectivity index is 1.99. The van der Waals surface area contributed by atoms with E-state index in [-0.39, 0.29) is 22.4 Å². The van der Waals surface area contributed by atoms with Gasteiger partial charge in [-0.2, -0.15) is 0 Å². The van der Waals surface area contributed by atoms with Crippen LogP contribution in [0.3, 0.4) is 0 Å². The zero-order valence-electron chi connectivity index (χ0n) is 10.8. The Hall–Kier alpha value is -1.15. The van der Waals surface area contributed by atoms with Crippen molar-refractivity contribution in [1.29, 1.82) is 0 Å². The van der Waals surface area contributed by atoms with Crippen molar-refractivity contribution in [2.24, 2.45) is 0 Å². The molecule has 20 heavy (non-hydrogen) atoms. The summed E-state index contributed by atoms with van der Waals surface area (Å²) in [6, 6.07) is 6.13. The van der Waals surface area contributed by atoms with Gasteiger partial charge in [0.05, 0.1) is 11.6 Å². The lowest BCUT2D eigenvalue weighted by Gasteiger charge is -2.27. The summed E-state index contributed by atoms with van der Waals surface area (Å²) < 4.78 is 26.4. The van der Waals surface area contributed by atoms with Crippen LogP contribution in [0.2, 0.25) is 5.02 Å². The molecular formula is C12H16ClN3O3S. The van der Waals surface area contributed by atoms with Crippen molar-refractivity contribution in [3.63, 3.8) is 0 Å². The van der Waals surface area contributed by atoms with Crippen LogP contribution in [-0.4, -0.2) is 51.9 Å². The van der Waals surface area contributed by atoms with Gasteiger partial charge in [-0.1, -0.05) is 23.7 Å². The van der Waals surface area contributed by atoms with E-state index in [4.69, 9.17) is 11.6 Å². The van der Waals surface area contributed by atoms with E-state index in [1.165, 1.54) is 12.1 Å². The summed E-state index contributed by atoms with van der Waals surface area (Å²) in [5.41, 5.74) is 0. The van der Waals surface area contributed by atoms with Gasteiger partial charge in [0.2, 0.25) is 15.9 Å². The molecule has 2 N–H and O–H groups in total. The summed E-state index contributed by atoms with van der Waals surface area (Å²) in [6.07, 6.45) is 0. The van der Waals surface area contributed by atoms with Crippen LogP contribution in [0.25, 0.3) is 0 Å². The molecule has 1 fully saturated rings. The first-order chi connectivity index (χ1) is 9.50. The van der Waals surface area contributed by atoms with Crippen LogP contribution < -0.4 is 10.0 Å². The minimum Gasteiger partial charge on any atom is -0.339 e. The summed E-state index contributed by atoms with van der Waals surface area (Å²) in [6.45, 7) is 2.37. The number of amides is 1. The number of halogens is 1. The number of carbonyl (C=O) groups is 1. The lowest BCUT2D eigenvalue weighted by molar-refractivity contribution is -0.130. The smallest absolute Gasteiger partial charge is 0.242 e. The Morgan fingerprint density at radius 2 is 1.95 bits per heavy atom. The summed E-state index contributed by atoms with van der Waals surface area (Å²) in [4.78, 5) is 13.5. The first kappa shape index (κ1) is 15.2. The minimum atomic E-state index is -3.77. The molecule has 6 nitrogen and oxygen atoms in total. The van der Waals surface area contributed by atoms with E-state index in [1.54, 1.807) is 17.0 Å². The van der Waals surface area contributed by atoms with Crippen LogP contribution in [0.4, 0.5) is 0 Å². The van der Waals surface area contributed by atoms with Crippen LogP contribution in [0, 0.1) is 0 Å². The Bertz CT molecular complexity index is 585. The highest BCUT2D eigenvalue weighted by Crippen LogP contribution is 2.19. The molecule has 1 aliphatic rings. The van der Waals surface area contributed by atoms with Crippen molar-refractivity contribution in [2.75, 3.05) is 32.7 Å². The summed E-state index contributed by atoms with van der Waals surface area (Å²) >= 11 is 5.85. The lowest BCUT2D eigenvalue weighted by atomic mass is 10.3. The molecule has 1 amide bonds. The molecule has 1 heterocycles. The van der Waals surface area contributed by atoms with Crippen molar-refractivity contribution < 1.29 is 13.2 Å². The number of benzene rings is 1. The number of nitrogens with one attached hydrogen (secondary N) is 2. The van der Waals surface area contributed by atoms with Gasteiger partial charge in [0.15, 0.2) is 0 Å². The second kappa shape index (κ2) is 6.53. The number of sulfonamides is 1. The van der Waals surface area contributed by atoms with Gasteiger partial charge in [-0.15, -0.1) is 0 Å². The zero-order valence-corrected chi connectivity index (χ0v) is 12.4. The highest BCUT2D eigenvalue weighted by Gasteiger charge is 2.21. The molecule has 1 aromatic rings. The van der Waals surface area contributed by atoms with E-state index in [2.05, 4.69) is 10.0 Å². The standard InChI is InChI=1S/C12H16ClN3O3S/c13-10-3-1-2-4-11(10)20(18,19)15-9-12(17)16-7-5-14-6-8-16/h1-4,14-15H,5-9H2. The van der Waals surface area contributed by atoms with Crippen LogP contribution in [0.1, 0.15) is 0 Å². The molecule has 0 unspecified atom stereocenters. The van der Waals surface area contributed by atoms with Crippen LogP contribution in [0.5, 0.6) is 0 Å². The third-order valence-corrected chi connectivity index (χ3v) is 4.91. The molecule has 1 aromatic carbocycles. The minimum absolute atomic E-state index is 0.0187. The summed E-state index contributed by atoms with van der Waals surface area (Å²) in [7, 11) is -3.77. The van der Waals surface area contributed by atoms with Gasteiger partial charge in [-0.3, -0.25) is 4.79 Å². The molecule has 0 spiro atoms. The topological polar surface area (TPSA) is 78.5 Å². The molecule has 1 aliphatic heterocycles. The Morgan fingerprint density at radius 1 is 1.30 bits per heavy atom. The lowest BCUT2D eigenvalue weighted by Crippen LogP contribution is -2.49. The van der Waals surface area contributed by atoms with Crippen molar-refractivity contribution >= 4 is 27.5 Å². The second-order valence-electron chi connectivity index (χ2n) is 4.39. The fourth-order valence-electron chi connectivity index (χ4n) is 1.92. The van der Waals surface area contributed by atoms with Crippen molar-refractivity contribution in [3.05, 3.63) is 29.3 Å². The van der Waals surface area contributed by atoms with Crippen molar-refractivity contribution in [3.8, 4) is 0 Å². The van der Waals surface area contributed by atoms with Gasteiger partial charge in [0, 0.05) is 26.2 Å². The monoisotopic (exact) mass is 317 g/mol. The highest BCUT2D eigenvalue weighted by atomic mass is 35.5. The third-order valence-electron chi connectivity index (χ3n) is 3.01. The van der Waals surface area contributed by atoms with Gasteiger partial charge in [0.1, 0.15) is 4.90 Å². The molecule has 110 valence electrons. The number of nitrogens with zero attached hydrogens (tertiary/aromatic N) is 1. The number of carbonyl (C=O) groups excluding carboxylic acids is 1. The SMILES string of the molecule is O=C(CNS(=O)(=O)c1ccccc1Cl)N1CCNCC1. The Morgan fingerprint density at radius 3 is 2.60 bits per heavy atom. The first-order valence-corrected chi connectivity index (χ1v) is 8.09.